The summed E-state index contributed by atoms with van der Waals surface area (Å²) in [6, 6.07) is 0. The van der Waals surface area contributed by atoms with Crippen LogP contribution in [0.25, 0.3) is 0 Å². The third-order valence-electron chi connectivity index (χ3n) is 5.07. The Kier molecular flexibility index (Phi) is 3.70. The lowest BCUT2D eigenvalue weighted by Crippen LogP contribution is -2.44. The van der Waals surface area contributed by atoms with Gasteiger partial charge in [0.15, 0.2) is 0 Å². The summed E-state index contributed by atoms with van der Waals surface area (Å²) in [6.45, 7) is 11.7. The van der Waals surface area contributed by atoms with Crippen LogP contribution in [0.4, 0.5) is 0 Å². The first-order valence-electron chi connectivity index (χ1n) is 7.35. The summed E-state index contributed by atoms with van der Waals surface area (Å²) < 4.78 is 0. The van der Waals surface area contributed by atoms with Gasteiger partial charge in [0.25, 0.3) is 0 Å². The van der Waals surface area contributed by atoms with Gasteiger partial charge in [-0.25, -0.2) is 0 Å². The number of rotatable bonds is 4. The maximum Gasteiger partial charge on any atom is 0.0480 e. The second kappa shape index (κ2) is 4.95. The molecule has 2 aliphatic rings. The van der Waals surface area contributed by atoms with E-state index in [1.54, 1.807) is 5.57 Å². The zero-order valence-corrected chi connectivity index (χ0v) is 12.6. The first-order chi connectivity index (χ1) is 8.52. The van der Waals surface area contributed by atoms with Crippen molar-refractivity contribution in [2.24, 2.45) is 5.92 Å². The number of allylic oxidation sites excluding steroid dienone is 4. The normalized spacial score (nSPS) is 31.5. The lowest BCUT2D eigenvalue weighted by Gasteiger charge is -2.42. The Morgan fingerprint density at radius 2 is 2.11 bits per heavy atom. The van der Waals surface area contributed by atoms with Crippen molar-refractivity contribution < 1.29 is 0 Å². The van der Waals surface area contributed by atoms with Crippen molar-refractivity contribution in [2.75, 3.05) is 0 Å². The molecule has 0 fully saturated rings. The van der Waals surface area contributed by atoms with Crippen molar-refractivity contribution in [3.63, 3.8) is 0 Å². The molecule has 0 saturated carbocycles. The first-order valence-corrected chi connectivity index (χ1v) is 7.35. The molecule has 1 heterocycles. The molecule has 2 atom stereocenters. The van der Waals surface area contributed by atoms with Gasteiger partial charge in [0.05, 0.1) is 0 Å². The fourth-order valence-electron chi connectivity index (χ4n) is 3.54. The third kappa shape index (κ3) is 1.94. The molecule has 0 aromatic rings. The van der Waals surface area contributed by atoms with Crippen molar-refractivity contribution in [3.05, 3.63) is 35.2 Å². The van der Waals surface area contributed by atoms with Crippen LogP contribution < -0.4 is 0 Å². The topological polar surface area (TPSA) is 3.24 Å². The molecule has 0 N–H and O–H groups in total. The Morgan fingerprint density at radius 3 is 2.67 bits per heavy atom. The van der Waals surface area contributed by atoms with Gasteiger partial charge in [-0.3, -0.25) is 0 Å². The van der Waals surface area contributed by atoms with Gasteiger partial charge in [-0.15, -0.1) is 0 Å². The van der Waals surface area contributed by atoms with E-state index in [0.717, 1.165) is 6.42 Å². The molecule has 0 bridgehead atoms. The molecular weight excluding hydrogens is 218 g/mol. The highest BCUT2D eigenvalue weighted by Crippen LogP contribution is 2.47. The molecule has 1 nitrogen and oxygen atoms in total. The standard InChI is InChI=1S/C17H27N/c1-6-7-12-17(5)14(3)13(2)15(4)18(17)16-10-8-9-11-16/h8-10,14H,6-7,11-12H2,1-5H3. The number of hydrogen-bond donors (Lipinski definition) is 0. The van der Waals surface area contributed by atoms with Crippen LogP contribution in [-0.2, 0) is 0 Å². The molecule has 0 saturated heterocycles. The summed E-state index contributed by atoms with van der Waals surface area (Å²) in [6.07, 6.45) is 11.7. The SMILES string of the molecule is CCCCC1(C)C(C)C(C)=C(C)N1C1=CC=CC1. The Bertz CT molecular complexity index is 413. The van der Waals surface area contributed by atoms with E-state index in [-0.39, 0.29) is 5.54 Å². The zero-order chi connectivity index (χ0) is 13.3. The van der Waals surface area contributed by atoms with E-state index in [1.807, 2.05) is 0 Å². The molecule has 0 aromatic heterocycles. The molecule has 0 radical (unpaired) electrons. The van der Waals surface area contributed by atoms with Gasteiger partial charge in [0.1, 0.15) is 0 Å². The highest BCUT2D eigenvalue weighted by atomic mass is 15.2. The van der Waals surface area contributed by atoms with Gasteiger partial charge < -0.3 is 4.90 Å². The predicted octanol–water partition coefficient (Wildman–Crippen LogP) is 5.02. The Balaban J connectivity index is 2.32. The molecule has 18 heavy (non-hydrogen) atoms. The van der Waals surface area contributed by atoms with Gasteiger partial charge in [-0.05, 0) is 38.8 Å². The average molecular weight is 245 g/mol. The van der Waals surface area contributed by atoms with Gasteiger partial charge in [-0.2, -0.15) is 0 Å². The van der Waals surface area contributed by atoms with Crippen LogP contribution in [0, 0.1) is 5.92 Å². The van der Waals surface area contributed by atoms with E-state index < -0.39 is 0 Å². The van der Waals surface area contributed by atoms with E-state index in [0.29, 0.717) is 5.92 Å². The van der Waals surface area contributed by atoms with Crippen LogP contribution in [0.2, 0.25) is 0 Å². The fraction of sp³-hybridized carbons (Fsp3) is 0.647. The van der Waals surface area contributed by atoms with Crippen molar-refractivity contribution in [3.8, 4) is 0 Å². The maximum atomic E-state index is 2.63. The highest BCUT2D eigenvalue weighted by Gasteiger charge is 2.45. The third-order valence-corrected chi connectivity index (χ3v) is 5.07. The van der Waals surface area contributed by atoms with E-state index in [9.17, 15) is 0 Å². The summed E-state index contributed by atoms with van der Waals surface area (Å²) in [5.74, 6) is 0.658. The van der Waals surface area contributed by atoms with E-state index in [2.05, 4.69) is 57.7 Å². The Morgan fingerprint density at radius 1 is 1.39 bits per heavy atom. The van der Waals surface area contributed by atoms with Gasteiger partial charge in [-0.1, -0.05) is 38.8 Å². The van der Waals surface area contributed by atoms with Crippen molar-refractivity contribution in [1.29, 1.82) is 0 Å². The smallest absolute Gasteiger partial charge is 0.0480 e. The molecule has 0 aromatic carbocycles. The van der Waals surface area contributed by atoms with Crippen molar-refractivity contribution >= 4 is 0 Å². The lowest BCUT2D eigenvalue weighted by molar-refractivity contribution is 0.153. The quantitative estimate of drug-likeness (QED) is 0.672. The van der Waals surface area contributed by atoms with Crippen LogP contribution in [0.1, 0.15) is 60.3 Å². The monoisotopic (exact) mass is 245 g/mol. The largest absolute Gasteiger partial charge is 0.342 e. The molecule has 0 spiro atoms. The predicted molar refractivity (Wildman–Crippen MR) is 79.1 cm³/mol. The second-order valence-electron chi connectivity index (χ2n) is 6.08. The van der Waals surface area contributed by atoms with Crippen molar-refractivity contribution in [1.82, 2.24) is 4.90 Å². The second-order valence-corrected chi connectivity index (χ2v) is 6.08. The van der Waals surface area contributed by atoms with Crippen LogP contribution in [0.15, 0.2) is 35.2 Å². The van der Waals surface area contributed by atoms with Crippen LogP contribution in [0.5, 0.6) is 0 Å². The summed E-state index contributed by atoms with van der Waals surface area (Å²) in [4.78, 5) is 2.63. The minimum Gasteiger partial charge on any atom is -0.342 e. The molecule has 2 rings (SSSR count). The summed E-state index contributed by atoms with van der Waals surface area (Å²) in [5.41, 5.74) is 4.81. The van der Waals surface area contributed by atoms with E-state index >= 15 is 0 Å². The van der Waals surface area contributed by atoms with Crippen molar-refractivity contribution in [2.45, 2.75) is 65.8 Å². The molecule has 1 aliphatic carbocycles. The molecule has 0 amide bonds. The van der Waals surface area contributed by atoms with E-state index in [1.165, 1.54) is 30.7 Å². The van der Waals surface area contributed by atoms with Gasteiger partial charge >= 0.3 is 0 Å². The number of unbranched alkanes of at least 4 members (excludes halogenated alkanes) is 1. The van der Waals surface area contributed by atoms with Crippen LogP contribution >= 0.6 is 0 Å². The maximum absolute atomic E-state index is 2.63. The Hall–Kier alpha value is -0.980. The highest BCUT2D eigenvalue weighted by molar-refractivity contribution is 5.35. The number of hydrogen-bond acceptors (Lipinski definition) is 1. The average Bonchev–Trinajstić information content (AvgIpc) is 2.92. The minimum absolute atomic E-state index is 0.280. The number of nitrogens with zero attached hydrogens (tertiary/aromatic N) is 1. The van der Waals surface area contributed by atoms with Crippen LogP contribution in [0.3, 0.4) is 0 Å². The summed E-state index contributed by atoms with van der Waals surface area (Å²) in [5, 5.41) is 0. The first kappa shape index (κ1) is 13.5. The lowest BCUT2D eigenvalue weighted by atomic mass is 9.80. The molecular formula is C17H27N. The van der Waals surface area contributed by atoms with E-state index in [4.69, 9.17) is 0 Å². The van der Waals surface area contributed by atoms with Gasteiger partial charge in [0, 0.05) is 29.3 Å². The zero-order valence-electron chi connectivity index (χ0n) is 12.6. The molecule has 1 heteroatoms. The minimum atomic E-state index is 0.280. The molecule has 1 aliphatic heterocycles. The molecule has 2 unspecified atom stereocenters. The van der Waals surface area contributed by atoms with Crippen LogP contribution in [-0.4, -0.2) is 10.4 Å². The fourth-order valence-corrected chi connectivity index (χ4v) is 3.54. The Labute approximate surface area is 112 Å². The summed E-state index contributed by atoms with van der Waals surface area (Å²) >= 11 is 0. The summed E-state index contributed by atoms with van der Waals surface area (Å²) in [7, 11) is 0. The molecule has 100 valence electrons. The van der Waals surface area contributed by atoms with Gasteiger partial charge in [0.2, 0.25) is 0 Å².